The van der Waals surface area contributed by atoms with Gasteiger partial charge in [0.2, 0.25) is 5.91 Å². The molecule has 1 aromatic carbocycles. The second-order valence-corrected chi connectivity index (χ2v) is 3.82. The molecule has 0 saturated carbocycles. The van der Waals surface area contributed by atoms with Gasteiger partial charge in [-0.05, 0) is 26.0 Å². The average molecular weight is 250 g/mol. The molecule has 0 fully saturated rings. The molecule has 2 amide bonds. The highest BCUT2D eigenvalue weighted by atomic mass is 16.5. The number of rotatable bonds is 5. The minimum atomic E-state index is -0.334. The lowest BCUT2D eigenvalue weighted by Crippen LogP contribution is -2.41. The molecule has 0 spiro atoms. The van der Waals surface area contributed by atoms with E-state index in [0.29, 0.717) is 18.8 Å². The summed E-state index contributed by atoms with van der Waals surface area (Å²) in [6.07, 6.45) is 0.224. The highest BCUT2D eigenvalue weighted by Gasteiger charge is 2.06. The van der Waals surface area contributed by atoms with Crippen LogP contribution in [0.15, 0.2) is 24.3 Å². The summed E-state index contributed by atoms with van der Waals surface area (Å²) in [5.74, 6) is -0.608. The van der Waals surface area contributed by atoms with Gasteiger partial charge in [-0.25, -0.2) is 0 Å². The highest BCUT2D eigenvalue weighted by molar-refractivity contribution is 5.95. The average Bonchev–Trinajstić information content (AvgIpc) is 2.37. The zero-order valence-corrected chi connectivity index (χ0v) is 10.7. The van der Waals surface area contributed by atoms with Crippen molar-refractivity contribution in [3.63, 3.8) is 0 Å². The van der Waals surface area contributed by atoms with Crippen LogP contribution in [0.2, 0.25) is 0 Å². The maximum absolute atomic E-state index is 11.6. The van der Waals surface area contributed by atoms with Crippen LogP contribution in [-0.4, -0.2) is 25.0 Å². The predicted octanol–water partition coefficient (Wildman–Crippen LogP) is 1.18. The molecule has 0 aliphatic rings. The Labute approximate surface area is 106 Å². The van der Waals surface area contributed by atoms with E-state index in [2.05, 4.69) is 10.9 Å². The molecule has 5 nitrogen and oxygen atoms in total. The molecule has 0 bridgehead atoms. The van der Waals surface area contributed by atoms with E-state index in [1.807, 2.05) is 26.0 Å². The smallest absolute Gasteiger partial charge is 0.269 e. The van der Waals surface area contributed by atoms with Crippen molar-refractivity contribution in [1.82, 2.24) is 10.9 Å². The maximum atomic E-state index is 11.6. The van der Waals surface area contributed by atoms with Crippen molar-refractivity contribution in [1.29, 1.82) is 0 Å². The number of benzene rings is 1. The Morgan fingerprint density at radius 2 is 1.83 bits per heavy atom. The molecule has 0 unspecified atom stereocenters. The van der Waals surface area contributed by atoms with Crippen LogP contribution in [0.4, 0.5) is 0 Å². The fraction of sp³-hybridized carbons (Fsp3) is 0.385. The van der Waals surface area contributed by atoms with E-state index in [1.54, 1.807) is 12.1 Å². The van der Waals surface area contributed by atoms with Crippen LogP contribution in [0.5, 0.6) is 0 Å². The number of hydrazine groups is 1. The molecular weight excluding hydrogens is 232 g/mol. The van der Waals surface area contributed by atoms with E-state index in [9.17, 15) is 9.59 Å². The van der Waals surface area contributed by atoms with Gasteiger partial charge in [-0.1, -0.05) is 17.7 Å². The number of carbonyl (C=O) groups excluding carboxylic acids is 2. The Balaban J connectivity index is 2.32. The second-order valence-electron chi connectivity index (χ2n) is 3.82. The lowest BCUT2D eigenvalue weighted by molar-refractivity contribution is -0.122. The van der Waals surface area contributed by atoms with E-state index in [4.69, 9.17) is 4.74 Å². The van der Waals surface area contributed by atoms with Crippen molar-refractivity contribution < 1.29 is 14.3 Å². The van der Waals surface area contributed by atoms with Crippen LogP contribution in [0.3, 0.4) is 0 Å². The quantitative estimate of drug-likeness (QED) is 0.609. The Kier molecular flexibility index (Phi) is 5.87. The summed E-state index contributed by atoms with van der Waals surface area (Å²) in [5, 5.41) is 0. The molecular formula is C13H18N2O3. The first-order chi connectivity index (χ1) is 8.63. The third kappa shape index (κ3) is 4.97. The van der Waals surface area contributed by atoms with Gasteiger partial charge in [0.25, 0.3) is 5.91 Å². The number of carbonyl (C=O) groups is 2. The number of ether oxygens (including phenoxy) is 1. The number of amides is 2. The summed E-state index contributed by atoms with van der Waals surface area (Å²) in [4.78, 5) is 22.9. The molecule has 0 heterocycles. The fourth-order valence-corrected chi connectivity index (χ4v) is 1.28. The van der Waals surface area contributed by atoms with E-state index in [-0.39, 0.29) is 18.2 Å². The lowest BCUT2D eigenvalue weighted by atomic mass is 10.1. The summed E-state index contributed by atoms with van der Waals surface area (Å²) in [5.41, 5.74) is 6.27. The zero-order chi connectivity index (χ0) is 13.4. The normalized spacial score (nSPS) is 9.89. The molecule has 0 aliphatic heterocycles. The SMILES string of the molecule is CCOCCC(=O)NNC(=O)c1ccc(C)cc1. The van der Waals surface area contributed by atoms with E-state index in [0.717, 1.165) is 5.56 Å². The van der Waals surface area contributed by atoms with Crippen LogP contribution >= 0.6 is 0 Å². The van der Waals surface area contributed by atoms with E-state index in [1.165, 1.54) is 0 Å². The number of nitrogens with one attached hydrogen (secondary N) is 2. The summed E-state index contributed by atoms with van der Waals surface area (Å²) in [6.45, 7) is 4.72. The number of hydrogen-bond acceptors (Lipinski definition) is 3. The van der Waals surface area contributed by atoms with E-state index >= 15 is 0 Å². The molecule has 2 N–H and O–H groups in total. The van der Waals surface area contributed by atoms with Crippen molar-refractivity contribution in [2.45, 2.75) is 20.3 Å². The van der Waals surface area contributed by atoms with E-state index < -0.39 is 0 Å². The first kappa shape index (κ1) is 14.2. The Morgan fingerprint density at radius 1 is 1.17 bits per heavy atom. The Bertz CT molecular complexity index is 401. The molecule has 0 radical (unpaired) electrons. The fourth-order valence-electron chi connectivity index (χ4n) is 1.28. The molecule has 5 heteroatoms. The lowest BCUT2D eigenvalue weighted by Gasteiger charge is -2.07. The third-order valence-corrected chi connectivity index (χ3v) is 2.31. The number of hydrogen-bond donors (Lipinski definition) is 2. The summed E-state index contributed by atoms with van der Waals surface area (Å²) in [7, 11) is 0. The van der Waals surface area contributed by atoms with Gasteiger partial charge in [0.1, 0.15) is 0 Å². The van der Waals surface area contributed by atoms with Gasteiger partial charge in [-0.3, -0.25) is 20.4 Å². The van der Waals surface area contributed by atoms with Gasteiger partial charge in [-0.15, -0.1) is 0 Å². The molecule has 98 valence electrons. The minimum absolute atomic E-state index is 0.224. The number of aryl methyl sites for hydroxylation is 1. The van der Waals surface area contributed by atoms with Gasteiger partial charge in [0, 0.05) is 12.2 Å². The molecule has 18 heavy (non-hydrogen) atoms. The van der Waals surface area contributed by atoms with Crippen LogP contribution in [-0.2, 0) is 9.53 Å². The molecule has 0 saturated heterocycles. The van der Waals surface area contributed by atoms with Crippen molar-refractivity contribution in [2.75, 3.05) is 13.2 Å². The van der Waals surface area contributed by atoms with Gasteiger partial charge >= 0.3 is 0 Å². The summed E-state index contributed by atoms with van der Waals surface area (Å²) >= 11 is 0. The third-order valence-electron chi connectivity index (χ3n) is 2.31. The minimum Gasteiger partial charge on any atom is -0.381 e. The first-order valence-electron chi connectivity index (χ1n) is 5.87. The van der Waals surface area contributed by atoms with Gasteiger partial charge in [-0.2, -0.15) is 0 Å². The predicted molar refractivity (Wildman–Crippen MR) is 67.9 cm³/mol. The van der Waals surface area contributed by atoms with Crippen LogP contribution in [0.25, 0.3) is 0 Å². The molecule has 0 atom stereocenters. The first-order valence-corrected chi connectivity index (χ1v) is 5.87. The standard InChI is InChI=1S/C13H18N2O3/c1-3-18-9-8-12(16)14-15-13(17)11-6-4-10(2)5-7-11/h4-7H,3,8-9H2,1-2H3,(H,14,16)(H,15,17). The molecule has 1 aromatic rings. The Morgan fingerprint density at radius 3 is 2.44 bits per heavy atom. The molecule has 0 aromatic heterocycles. The van der Waals surface area contributed by atoms with Crippen LogP contribution in [0.1, 0.15) is 29.3 Å². The largest absolute Gasteiger partial charge is 0.381 e. The van der Waals surface area contributed by atoms with Crippen molar-refractivity contribution in [2.24, 2.45) is 0 Å². The molecule has 1 rings (SSSR count). The Hall–Kier alpha value is -1.88. The van der Waals surface area contributed by atoms with Crippen molar-refractivity contribution in [3.05, 3.63) is 35.4 Å². The van der Waals surface area contributed by atoms with Crippen LogP contribution < -0.4 is 10.9 Å². The zero-order valence-electron chi connectivity index (χ0n) is 10.7. The second kappa shape index (κ2) is 7.45. The topological polar surface area (TPSA) is 67.4 Å². The van der Waals surface area contributed by atoms with Gasteiger partial charge < -0.3 is 4.74 Å². The summed E-state index contributed by atoms with van der Waals surface area (Å²) < 4.78 is 5.04. The van der Waals surface area contributed by atoms with Crippen LogP contribution in [0, 0.1) is 6.92 Å². The maximum Gasteiger partial charge on any atom is 0.269 e. The van der Waals surface area contributed by atoms with Crippen molar-refractivity contribution >= 4 is 11.8 Å². The summed E-state index contributed by atoms with van der Waals surface area (Å²) in [6, 6.07) is 7.09. The van der Waals surface area contributed by atoms with Crippen molar-refractivity contribution in [3.8, 4) is 0 Å². The monoisotopic (exact) mass is 250 g/mol. The highest BCUT2D eigenvalue weighted by Crippen LogP contribution is 2.02. The van der Waals surface area contributed by atoms with Gasteiger partial charge in [0.15, 0.2) is 0 Å². The molecule has 0 aliphatic carbocycles. The van der Waals surface area contributed by atoms with Gasteiger partial charge in [0.05, 0.1) is 13.0 Å².